The van der Waals surface area contributed by atoms with Gasteiger partial charge in [0.25, 0.3) is 0 Å². The number of fused-ring (bicyclic) bond motifs is 1. The molecule has 2 aromatic rings. The molecule has 1 aliphatic rings. The first-order chi connectivity index (χ1) is 11.1. The smallest absolute Gasteiger partial charge is 0.328 e. The molecule has 0 saturated carbocycles. The van der Waals surface area contributed by atoms with Crippen LogP contribution in [-0.4, -0.2) is 33.3 Å². The van der Waals surface area contributed by atoms with Crippen LogP contribution in [-0.2, 0) is 16.1 Å². The average molecular weight is 314 g/mol. The van der Waals surface area contributed by atoms with E-state index in [2.05, 4.69) is 58.5 Å². The number of carboxylic acids is 2. The van der Waals surface area contributed by atoms with Crippen LogP contribution < -0.4 is 5.32 Å². The van der Waals surface area contributed by atoms with Crippen LogP contribution in [0.25, 0.3) is 0 Å². The van der Waals surface area contributed by atoms with Gasteiger partial charge >= 0.3 is 11.9 Å². The standard InChI is InChI=1S/C13H14N2.C4H4O4/c1-2-5-11(6-3-1)13-12-7-4-9-15(12)10-8-14-13;5-3(6)1-2-4(7)8/h1-7,9,13-14H,8,10H2;1-2H,(H,5,6)(H,7,8). The fourth-order valence-corrected chi connectivity index (χ4v) is 2.40. The molecule has 1 atom stereocenters. The van der Waals surface area contributed by atoms with Crippen molar-refractivity contribution in [2.45, 2.75) is 12.6 Å². The fraction of sp³-hybridized carbons (Fsp3) is 0.176. The van der Waals surface area contributed by atoms with Gasteiger partial charge in [-0.1, -0.05) is 30.3 Å². The Bertz CT molecular complexity index is 676. The number of carboxylic acid groups (broad SMARTS) is 2. The number of benzene rings is 1. The van der Waals surface area contributed by atoms with Gasteiger partial charge in [0.1, 0.15) is 0 Å². The molecule has 0 saturated heterocycles. The highest BCUT2D eigenvalue weighted by molar-refractivity contribution is 5.89. The average Bonchev–Trinajstić information content (AvgIpc) is 3.03. The van der Waals surface area contributed by atoms with Crippen LogP contribution in [0.1, 0.15) is 17.3 Å². The topological polar surface area (TPSA) is 91.6 Å². The number of hydrogen-bond acceptors (Lipinski definition) is 3. The summed E-state index contributed by atoms with van der Waals surface area (Å²) in [5.74, 6) is -2.51. The zero-order valence-corrected chi connectivity index (χ0v) is 12.4. The number of nitrogens with zero attached hydrogens (tertiary/aromatic N) is 1. The first kappa shape index (κ1) is 16.5. The van der Waals surface area contributed by atoms with Gasteiger partial charge in [0.05, 0.1) is 6.04 Å². The summed E-state index contributed by atoms with van der Waals surface area (Å²) < 4.78 is 2.33. The molecule has 0 spiro atoms. The number of aromatic nitrogens is 1. The number of rotatable bonds is 3. The quantitative estimate of drug-likeness (QED) is 0.753. The van der Waals surface area contributed by atoms with E-state index >= 15 is 0 Å². The van der Waals surface area contributed by atoms with E-state index in [-0.39, 0.29) is 0 Å². The SMILES string of the molecule is O=C(O)C=CC(=O)O.c1ccc(C2NCCn3cccc32)cc1. The Morgan fingerprint density at radius 3 is 2.30 bits per heavy atom. The Hall–Kier alpha value is -2.86. The summed E-state index contributed by atoms with van der Waals surface area (Å²) in [5, 5.41) is 19.2. The number of nitrogens with one attached hydrogen (secondary N) is 1. The molecule has 0 radical (unpaired) electrons. The molecule has 1 unspecified atom stereocenters. The number of hydrogen-bond donors (Lipinski definition) is 3. The van der Waals surface area contributed by atoms with E-state index in [9.17, 15) is 9.59 Å². The molecule has 1 aromatic heterocycles. The van der Waals surface area contributed by atoms with Crippen molar-refractivity contribution < 1.29 is 19.8 Å². The molecule has 1 aliphatic heterocycles. The van der Waals surface area contributed by atoms with Crippen LogP contribution in [0.3, 0.4) is 0 Å². The van der Waals surface area contributed by atoms with Gasteiger partial charge in [0.2, 0.25) is 0 Å². The Morgan fingerprint density at radius 2 is 1.70 bits per heavy atom. The van der Waals surface area contributed by atoms with Crippen LogP contribution in [0.5, 0.6) is 0 Å². The first-order valence-electron chi connectivity index (χ1n) is 7.15. The molecule has 0 amide bonds. The lowest BCUT2D eigenvalue weighted by Gasteiger charge is -2.26. The van der Waals surface area contributed by atoms with Crippen molar-refractivity contribution in [1.29, 1.82) is 0 Å². The van der Waals surface area contributed by atoms with Crippen molar-refractivity contribution in [3.05, 3.63) is 72.1 Å². The molecule has 0 bridgehead atoms. The summed E-state index contributed by atoms with van der Waals surface area (Å²) in [7, 11) is 0. The Kier molecular flexibility index (Phi) is 5.71. The molecule has 3 rings (SSSR count). The lowest BCUT2D eigenvalue weighted by Crippen LogP contribution is -2.33. The Morgan fingerprint density at radius 1 is 1.04 bits per heavy atom. The molecule has 23 heavy (non-hydrogen) atoms. The predicted octanol–water partition coefficient (Wildman–Crippen LogP) is 1.89. The number of aliphatic carboxylic acids is 2. The minimum atomic E-state index is -1.26. The maximum Gasteiger partial charge on any atom is 0.328 e. The van der Waals surface area contributed by atoms with Crippen LogP contribution in [0.2, 0.25) is 0 Å². The Balaban J connectivity index is 0.000000207. The second-order valence-electron chi connectivity index (χ2n) is 4.93. The summed E-state index contributed by atoms with van der Waals surface area (Å²) in [6.07, 6.45) is 3.27. The van der Waals surface area contributed by atoms with Crippen LogP contribution in [0, 0.1) is 0 Å². The molecule has 0 aliphatic carbocycles. The third kappa shape index (κ3) is 4.82. The van der Waals surface area contributed by atoms with Crippen molar-refractivity contribution in [3.63, 3.8) is 0 Å². The summed E-state index contributed by atoms with van der Waals surface area (Å²) >= 11 is 0. The van der Waals surface area contributed by atoms with Crippen LogP contribution in [0.15, 0.2) is 60.8 Å². The first-order valence-corrected chi connectivity index (χ1v) is 7.15. The molecule has 6 nitrogen and oxygen atoms in total. The van der Waals surface area contributed by atoms with Gasteiger partial charge in [0.15, 0.2) is 0 Å². The second-order valence-corrected chi connectivity index (χ2v) is 4.93. The third-order valence-electron chi connectivity index (χ3n) is 3.36. The monoisotopic (exact) mass is 314 g/mol. The summed E-state index contributed by atoms with van der Waals surface area (Å²) in [6, 6.07) is 15.3. The third-order valence-corrected chi connectivity index (χ3v) is 3.36. The van der Waals surface area contributed by atoms with E-state index in [4.69, 9.17) is 10.2 Å². The molecular weight excluding hydrogens is 296 g/mol. The van der Waals surface area contributed by atoms with E-state index < -0.39 is 11.9 Å². The zero-order chi connectivity index (χ0) is 16.7. The van der Waals surface area contributed by atoms with Gasteiger partial charge in [-0.15, -0.1) is 0 Å². The van der Waals surface area contributed by atoms with Crippen LogP contribution >= 0.6 is 0 Å². The van der Waals surface area contributed by atoms with E-state index in [1.807, 2.05) is 0 Å². The zero-order valence-electron chi connectivity index (χ0n) is 12.4. The van der Waals surface area contributed by atoms with Gasteiger partial charge in [-0.25, -0.2) is 9.59 Å². The van der Waals surface area contributed by atoms with E-state index in [0.717, 1.165) is 13.1 Å². The van der Waals surface area contributed by atoms with Gasteiger partial charge in [-0.05, 0) is 17.7 Å². The van der Waals surface area contributed by atoms with Crippen molar-refractivity contribution in [2.24, 2.45) is 0 Å². The van der Waals surface area contributed by atoms with Crippen molar-refractivity contribution in [3.8, 4) is 0 Å². The lowest BCUT2D eigenvalue weighted by atomic mass is 10.0. The van der Waals surface area contributed by atoms with Gasteiger partial charge in [-0.3, -0.25) is 0 Å². The van der Waals surface area contributed by atoms with E-state index in [0.29, 0.717) is 18.2 Å². The fourth-order valence-electron chi connectivity index (χ4n) is 2.40. The molecule has 0 fully saturated rings. The maximum absolute atomic E-state index is 9.55. The molecule has 2 heterocycles. The number of carbonyl (C=O) groups is 2. The minimum Gasteiger partial charge on any atom is -0.478 e. The maximum atomic E-state index is 9.55. The van der Waals surface area contributed by atoms with Gasteiger partial charge < -0.3 is 20.1 Å². The summed E-state index contributed by atoms with van der Waals surface area (Å²) in [5.41, 5.74) is 2.71. The van der Waals surface area contributed by atoms with Crippen LogP contribution in [0.4, 0.5) is 0 Å². The largest absolute Gasteiger partial charge is 0.478 e. The predicted molar refractivity (Wildman–Crippen MR) is 85.1 cm³/mol. The highest BCUT2D eigenvalue weighted by atomic mass is 16.4. The minimum absolute atomic E-state index is 0.356. The summed E-state index contributed by atoms with van der Waals surface area (Å²) in [6.45, 7) is 2.12. The lowest BCUT2D eigenvalue weighted by molar-refractivity contribution is -0.134. The van der Waals surface area contributed by atoms with Crippen molar-refractivity contribution in [2.75, 3.05) is 6.54 Å². The van der Waals surface area contributed by atoms with E-state index in [1.165, 1.54) is 11.3 Å². The molecular formula is C17H18N2O4. The van der Waals surface area contributed by atoms with Crippen molar-refractivity contribution in [1.82, 2.24) is 9.88 Å². The molecule has 3 N–H and O–H groups in total. The normalized spacial score (nSPS) is 16.3. The second kappa shape index (κ2) is 7.95. The van der Waals surface area contributed by atoms with Gasteiger partial charge in [-0.2, -0.15) is 0 Å². The highest BCUT2D eigenvalue weighted by Gasteiger charge is 2.19. The highest BCUT2D eigenvalue weighted by Crippen LogP contribution is 2.24. The van der Waals surface area contributed by atoms with Gasteiger partial charge in [0, 0.05) is 37.1 Å². The summed E-state index contributed by atoms with van der Waals surface area (Å²) in [4.78, 5) is 19.1. The molecule has 6 heteroatoms. The molecule has 120 valence electrons. The molecule has 1 aromatic carbocycles. The van der Waals surface area contributed by atoms with Crippen molar-refractivity contribution >= 4 is 11.9 Å². The Labute approximate surface area is 133 Å². The van der Waals surface area contributed by atoms with E-state index in [1.54, 1.807) is 0 Å².